The fraction of sp³-hybridized carbons (Fsp3) is 0.0556. The van der Waals surface area contributed by atoms with Crippen LogP contribution in [0.4, 0.5) is 0 Å². The summed E-state index contributed by atoms with van der Waals surface area (Å²) in [5, 5.41) is 8.89. The normalized spacial score (nSPS) is 15.1. The van der Waals surface area contributed by atoms with Gasteiger partial charge < -0.3 is 14.6 Å². The number of aliphatic imine (C=N–C) groups is 1. The highest BCUT2D eigenvalue weighted by atomic mass is 16.6. The first kappa shape index (κ1) is 15.5. The van der Waals surface area contributed by atoms with Crippen molar-refractivity contribution in [2.45, 2.75) is 0 Å². The van der Waals surface area contributed by atoms with Gasteiger partial charge in [0.1, 0.15) is 5.75 Å². The van der Waals surface area contributed by atoms with Crippen molar-refractivity contribution in [3.8, 4) is 5.75 Å². The molecule has 6 nitrogen and oxygen atoms in total. The number of aromatic carboxylic acids is 1. The van der Waals surface area contributed by atoms with Crippen LogP contribution in [0.15, 0.2) is 59.2 Å². The number of cyclic esters (lactones) is 1. The highest BCUT2D eigenvalue weighted by Crippen LogP contribution is 2.24. The summed E-state index contributed by atoms with van der Waals surface area (Å²) in [5.74, 6) is -0.855. The van der Waals surface area contributed by atoms with E-state index in [0.717, 1.165) is 0 Å². The molecule has 1 heterocycles. The third kappa shape index (κ3) is 3.03. The van der Waals surface area contributed by atoms with E-state index < -0.39 is 11.9 Å². The predicted molar refractivity (Wildman–Crippen MR) is 87.0 cm³/mol. The fourth-order valence-corrected chi connectivity index (χ4v) is 2.23. The molecule has 1 N–H and O–H groups in total. The van der Waals surface area contributed by atoms with Gasteiger partial charge in [0, 0.05) is 0 Å². The zero-order chi connectivity index (χ0) is 17.1. The van der Waals surface area contributed by atoms with Crippen molar-refractivity contribution >= 4 is 23.9 Å². The third-order valence-electron chi connectivity index (χ3n) is 3.42. The largest absolute Gasteiger partial charge is 0.496 e. The lowest BCUT2D eigenvalue weighted by Crippen LogP contribution is -2.06. The van der Waals surface area contributed by atoms with Crippen molar-refractivity contribution in [1.82, 2.24) is 0 Å². The van der Waals surface area contributed by atoms with Crippen LogP contribution in [0, 0.1) is 0 Å². The number of carboxylic acids is 1. The number of hydrogen-bond donors (Lipinski definition) is 1. The van der Waals surface area contributed by atoms with Crippen LogP contribution in [0.2, 0.25) is 0 Å². The number of ether oxygens (including phenoxy) is 2. The number of methoxy groups -OCH3 is 1. The van der Waals surface area contributed by atoms with Crippen LogP contribution in [0.5, 0.6) is 5.75 Å². The monoisotopic (exact) mass is 323 g/mol. The molecule has 1 aliphatic rings. The number of nitrogens with zero attached hydrogens (tertiary/aromatic N) is 1. The summed E-state index contributed by atoms with van der Waals surface area (Å²) >= 11 is 0. The van der Waals surface area contributed by atoms with Gasteiger partial charge in [0.15, 0.2) is 5.70 Å². The van der Waals surface area contributed by atoms with Crippen LogP contribution in [-0.4, -0.2) is 30.1 Å². The second kappa shape index (κ2) is 6.37. The molecule has 0 unspecified atom stereocenters. The quantitative estimate of drug-likeness (QED) is 0.691. The Bertz CT molecular complexity index is 865. The Hall–Kier alpha value is -3.41. The van der Waals surface area contributed by atoms with Crippen molar-refractivity contribution in [2.75, 3.05) is 7.11 Å². The molecule has 6 heteroatoms. The highest BCUT2D eigenvalue weighted by molar-refractivity contribution is 6.13. The van der Waals surface area contributed by atoms with Crippen molar-refractivity contribution in [3.05, 3.63) is 70.9 Å². The van der Waals surface area contributed by atoms with Crippen molar-refractivity contribution < 1.29 is 24.2 Å². The van der Waals surface area contributed by atoms with Gasteiger partial charge >= 0.3 is 11.9 Å². The lowest BCUT2D eigenvalue weighted by atomic mass is 10.1. The SMILES string of the molecule is COc1ccccc1C1=NC(=Cc2ccc(C(=O)O)cc2)C(=O)O1. The summed E-state index contributed by atoms with van der Waals surface area (Å²) in [6.45, 7) is 0. The molecule has 0 saturated carbocycles. The topological polar surface area (TPSA) is 85.2 Å². The molecule has 0 bridgehead atoms. The maximum absolute atomic E-state index is 12.0. The maximum Gasteiger partial charge on any atom is 0.363 e. The Balaban J connectivity index is 1.92. The number of carboxylic acid groups (broad SMARTS) is 1. The first-order chi connectivity index (χ1) is 11.6. The average molecular weight is 323 g/mol. The Morgan fingerprint density at radius 1 is 1.17 bits per heavy atom. The molecule has 1 aliphatic heterocycles. The zero-order valence-electron chi connectivity index (χ0n) is 12.7. The van der Waals surface area contributed by atoms with Gasteiger partial charge in [-0.1, -0.05) is 24.3 Å². The molecule has 0 aromatic heterocycles. The number of hydrogen-bond acceptors (Lipinski definition) is 5. The van der Waals surface area contributed by atoms with Gasteiger partial charge in [0.05, 0.1) is 18.2 Å². The van der Waals surface area contributed by atoms with Crippen LogP contribution in [0.3, 0.4) is 0 Å². The summed E-state index contributed by atoms with van der Waals surface area (Å²) in [6, 6.07) is 13.2. The van der Waals surface area contributed by atoms with Gasteiger partial charge in [-0.05, 0) is 35.9 Å². The number of carbonyl (C=O) groups is 2. The molecule has 0 radical (unpaired) electrons. The first-order valence-electron chi connectivity index (χ1n) is 7.08. The summed E-state index contributed by atoms with van der Waals surface area (Å²) < 4.78 is 10.4. The standard InChI is InChI=1S/C18H13NO5/c1-23-15-5-3-2-4-13(15)16-19-14(18(22)24-16)10-11-6-8-12(9-7-11)17(20)21/h2-10H,1H3,(H,20,21). The molecule has 0 spiro atoms. The van der Waals surface area contributed by atoms with Crippen LogP contribution >= 0.6 is 0 Å². The Kier molecular flexibility index (Phi) is 4.11. The Morgan fingerprint density at radius 3 is 2.54 bits per heavy atom. The van der Waals surface area contributed by atoms with Gasteiger partial charge in [-0.3, -0.25) is 0 Å². The number of rotatable bonds is 4. The highest BCUT2D eigenvalue weighted by Gasteiger charge is 2.26. The van der Waals surface area contributed by atoms with E-state index in [9.17, 15) is 9.59 Å². The molecule has 0 aliphatic carbocycles. The Morgan fingerprint density at radius 2 is 1.88 bits per heavy atom. The molecule has 0 saturated heterocycles. The minimum Gasteiger partial charge on any atom is -0.496 e. The molecular weight excluding hydrogens is 310 g/mol. The van der Waals surface area contributed by atoms with Gasteiger partial charge in [-0.25, -0.2) is 14.6 Å². The van der Waals surface area contributed by atoms with E-state index in [4.69, 9.17) is 14.6 Å². The van der Waals surface area contributed by atoms with E-state index in [2.05, 4.69) is 4.99 Å². The average Bonchev–Trinajstić information content (AvgIpc) is 2.96. The molecule has 120 valence electrons. The van der Waals surface area contributed by atoms with Crippen LogP contribution < -0.4 is 4.74 Å². The van der Waals surface area contributed by atoms with Crippen LogP contribution in [0.1, 0.15) is 21.5 Å². The first-order valence-corrected chi connectivity index (χ1v) is 7.08. The van der Waals surface area contributed by atoms with Gasteiger partial charge in [-0.15, -0.1) is 0 Å². The number of para-hydroxylation sites is 1. The lowest BCUT2D eigenvalue weighted by molar-refractivity contribution is -0.129. The van der Waals surface area contributed by atoms with Crippen LogP contribution in [0.25, 0.3) is 6.08 Å². The zero-order valence-corrected chi connectivity index (χ0v) is 12.7. The molecule has 2 aromatic carbocycles. The van der Waals surface area contributed by atoms with E-state index >= 15 is 0 Å². The molecular formula is C18H13NO5. The fourth-order valence-electron chi connectivity index (χ4n) is 2.23. The minimum absolute atomic E-state index is 0.138. The number of carbonyl (C=O) groups excluding carboxylic acids is 1. The summed E-state index contributed by atoms with van der Waals surface area (Å²) in [7, 11) is 1.52. The van der Waals surface area contributed by atoms with Gasteiger partial charge in [-0.2, -0.15) is 0 Å². The second-order valence-corrected chi connectivity index (χ2v) is 4.96. The summed E-state index contributed by atoms with van der Waals surface area (Å²) in [5.41, 5.74) is 1.54. The van der Waals surface area contributed by atoms with E-state index in [0.29, 0.717) is 16.9 Å². The second-order valence-electron chi connectivity index (χ2n) is 4.96. The van der Waals surface area contributed by atoms with E-state index in [-0.39, 0.29) is 17.2 Å². The predicted octanol–water partition coefficient (Wildman–Crippen LogP) is 2.74. The third-order valence-corrected chi connectivity index (χ3v) is 3.42. The van der Waals surface area contributed by atoms with Crippen molar-refractivity contribution in [1.29, 1.82) is 0 Å². The number of benzene rings is 2. The Labute approximate surface area is 137 Å². The van der Waals surface area contributed by atoms with Crippen LogP contribution in [-0.2, 0) is 9.53 Å². The number of esters is 1. The van der Waals surface area contributed by atoms with Crippen molar-refractivity contribution in [3.63, 3.8) is 0 Å². The molecule has 24 heavy (non-hydrogen) atoms. The molecule has 3 rings (SSSR count). The summed E-state index contributed by atoms with van der Waals surface area (Å²) in [6.07, 6.45) is 1.54. The van der Waals surface area contributed by atoms with E-state index in [1.807, 2.05) is 0 Å². The van der Waals surface area contributed by atoms with E-state index in [1.165, 1.54) is 25.3 Å². The van der Waals surface area contributed by atoms with E-state index in [1.54, 1.807) is 36.4 Å². The summed E-state index contributed by atoms with van der Waals surface area (Å²) in [4.78, 5) is 27.1. The smallest absolute Gasteiger partial charge is 0.363 e. The molecule has 0 atom stereocenters. The van der Waals surface area contributed by atoms with Gasteiger partial charge in [0.2, 0.25) is 5.90 Å². The molecule has 0 amide bonds. The lowest BCUT2D eigenvalue weighted by Gasteiger charge is -2.05. The van der Waals surface area contributed by atoms with Gasteiger partial charge in [0.25, 0.3) is 0 Å². The minimum atomic E-state index is -1.01. The molecule has 0 fully saturated rings. The molecule has 2 aromatic rings. The maximum atomic E-state index is 12.0. The van der Waals surface area contributed by atoms with Crippen molar-refractivity contribution in [2.24, 2.45) is 4.99 Å².